The number of nitrogens with zero attached hydrogens (tertiary/aromatic N) is 3. The summed E-state index contributed by atoms with van der Waals surface area (Å²) in [5, 5.41) is 15.4. The van der Waals surface area contributed by atoms with E-state index in [-0.39, 0.29) is 5.91 Å². The Balaban J connectivity index is 1.39. The van der Waals surface area contributed by atoms with Crippen molar-refractivity contribution in [2.45, 2.75) is 20.1 Å². The van der Waals surface area contributed by atoms with E-state index in [2.05, 4.69) is 32.7 Å². The lowest BCUT2D eigenvalue weighted by molar-refractivity contribution is 0.0945. The molecule has 0 unspecified atom stereocenters. The third-order valence-electron chi connectivity index (χ3n) is 4.50. The van der Waals surface area contributed by atoms with Crippen LogP contribution in [0.25, 0.3) is 10.9 Å². The van der Waals surface area contributed by atoms with Crippen molar-refractivity contribution < 1.29 is 9.53 Å². The van der Waals surface area contributed by atoms with Crippen molar-refractivity contribution in [1.82, 2.24) is 25.3 Å². The summed E-state index contributed by atoms with van der Waals surface area (Å²) in [6.07, 6.45) is 0. The van der Waals surface area contributed by atoms with Gasteiger partial charge in [-0.15, -0.1) is 0 Å². The molecule has 142 valence electrons. The quantitative estimate of drug-likeness (QED) is 0.542. The van der Waals surface area contributed by atoms with Gasteiger partial charge in [0.05, 0.1) is 23.4 Å². The van der Waals surface area contributed by atoms with Crippen molar-refractivity contribution in [3.05, 3.63) is 77.2 Å². The van der Waals surface area contributed by atoms with Crippen LogP contribution in [0.5, 0.6) is 5.75 Å². The predicted octanol–water partition coefficient (Wildman–Crippen LogP) is 3.11. The molecule has 0 aliphatic rings. The third-order valence-corrected chi connectivity index (χ3v) is 4.50. The van der Waals surface area contributed by atoms with Gasteiger partial charge >= 0.3 is 0 Å². The molecule has 0 bridgehead atoms. The van der Waals surface area contributed by atoms with Crippen LogP contribution < -0.4 is 10.1 Å². The summed E-state index contributed by atoms with van der Waals surface area (Å²) < 4.78 is 7.48. The van der Waals surface area contributed by atoms with E-state index in [0.29, 0.717) is 18.8 Å². The van der Waals surface area contributed by atoms with Crippen molar-refractivity contribution in [3.63, 3.8) is 0 Å². The van der Waals surface area contributed by atoms with Crippen molar-refractivity contribution >= 4 is 16.8 Å². The summed E-state index contributed by atoms with van der Waals surface area (Å²) in [4.78, 5) is 12.4. The standard InChI is InChI=1S/C21H21N5O2/c1-14-8-9-20-17(10-14)19(25-26(20)2)12-22-21(27)18-11-15(23-24-18)13-28-16-6-4-3-5-7-16/h3-11H,12-13H2,1-2H3,(H,22,27)(H,23,24). The molecule has 0 atom stereocenters. The second-order valence-electron chi connectivity index (χ2n) is 6.65. The summed E-state index contributed by atoms with van der Waals surface area (Å²) in [5.74, 6) is 0.508. The van der Waals surface area contributed by atoms with E-state index in [0.717, 1.165) is 33.6 Å². The molecular weight excluding hydrogens is 354 g/mol. The van der Waals surface area contributed by atoms with E-state index in [1.165, 1.54) is 0 Å². The molecule has 0 aliphatic carbocycles. The first-order chi connectivity index (χ1) is 13.6. The van der Waals surface area contributed by atoms with Gasteiger partial charge in [-0.25, -0.2) is 0 Å². The van der Waals surface area contributed by atoms with Gasteiger partial charge in [0.15, 0.2) is 0 Å². The molecule has 2 N–H and O–H groups in total. The van der Waals surface area contributed by atoms with Gasteiger partial charge in [0, 0.05) is 12.4 Å². The highest BCUT2D eigenvalue weighted by atomic mass is 16.5. The number of benzene rings is 2. The van der Waals surface area contributed by atoms with Crippen molar-refractivity contribution in [3.8, 4) is 5.75 Å². The fraction of sp³-hybridized carbons (Fsp3) is 0.190. The number of hydrogen-bond acceptors (Lipinski definition) is 4. The minimum absolute atomic E-state index is 0.256. The van der Waals surface area contributed by atoms with Crippen LogP contribution >= 0.6 is 0 Å². The first-order valence-corrected chi connectivity index (χ1v) is 9.03. The molecule has 4 aromatic rings. The Kier molecular flexibility index (Phi) is 4.80. The highest BCUT2D eigenvalue weighted by Gasteiger charge is 2.13. The number of H-pyrrole nitrogens is 1. The van der Waals surface area contributed by atoms with Gasteiger partial charge in [-0.05, 0) is 37.3 Å². The Morgan fingerprint density at radius 1 is 1.18 bits per heavy atom. The zero-order valence-electron chi connectivity index (χ0n) is 15.8. The number of nitrogens with one attached hydrogen (secondary N) is 2. The molecule has 28 heavy (non-hydrogen) atoms. The van der Waals surface area contributed by atoms with Gasteiger partial charge < -0.3 is 10.1 Å². The van der Waals surface area contributed by atoms with Gasteiger partial charge in [0.1, 0.15) is 18.1 Å². The molecule has 0 saturated heterocycles. The van der Waals surface area contributed by atoms with Gasteiger partial charge in [-0.3, -0.25) is 14.6 Å². The maximum Gasteiger partial charge on any atom is 0.272 e. The average Bonchev–Trinajstić information content (AvgIpc) is 3.30. The van der Waals surface area contributed by atoms with Crippen molar-refractivity contribution in [2.24, 2.45) is 7.05 Å². The number of fused-ring (bicyclic) bond motifs is 1. The first kappa shape index (κ1) is 17.8. The maximum atomic E-state index is 12.4. The number of carbonyl (C=O) groups excluding carboxylic acids is 1. The fourth-order valence-corrected chi connectivity index (χ4v) is 3.07. The van der Waals surface area contributed by atoms with Gasteiger partial charge in [0.2, 0.25) is 0 Å². The number of amides is 1. The highest BCUT2D eigenvalue weighted by Crippen LogP contribution is 2.19. The number of hydrogen-bond donors (Lipinski definition) is 2. The molecule has 2 aromatic heterocycles. The van der Waals surface area contributed by atoms with Crippen LogP contribution in [-0.4, -0.2) is 25.9 Å². The Bertz CT molecular complexity index is 1110. The Morgan fingerprint density at radius 2 is 2.00 bits per heavy atom. The van der Waals surface area contributed by atoms with Crippen LogP contribution in [0.3, 0.4) is 0 Å². The van der Waals surface area contributed by atoms with Crippen LogP contribution in [0.15, 0.2) is 54.6 Å². The zero-order valence-corrected chi connectivity index (χ0v) is 15.8. The van der Waals surface area contributed by atoms with E-state index in [1.54, 1.807) is 6.07 Å². The first-order valence-electron chi connectivity index (χ1n) is 9.03. The van der Waals surface area contributed by atoms with Gasteiger partial charge in [0.25, 0.3) is 5.91 Å². The van der Waals surface area contributed by atoms with E-state index >= 15 is 0 Å². The Labute approximate surface area is 162 Å². The molecule has 0 radical (unpaired) electrons. The van der Waals surface area contributed by atoms with Crippen LogP contribution in [0, 0.1) is 6.92 Å². The second-order valence-corrected chi connectivity index (χ2v) is 6.65. The fourth-order valence-electron chi connectivity index (χ4n) is 3.07. The number of ether oxygens (including phenoxy) is 1. The molecule has 4 rings (SSSR count). The van der Waals surface area contributed by atoms with Crippen molar-refractivity contribution in [1.29, 1.82) is 0 Å². The molecule has 0 saturated carbocycles. The predicted molar refractivity (Wildman–Crippen MR) is 106 cm³/mol. The van der Waals surface area contributed by atoms with Gasteiger partial charge in [-0.2, -0.15) is 10.2 Å². The molecule has 2 aromatic carbocycles. The van der Waals surface area contributed by atoms with E-state index < -0.39 is 0 Å². The molecule has 0 spiro atoms. The molecule has 1 amide bonds. The normalized spacial score (nSPS) is 10.9. The lowest BCUT2D eigenvalue weighted by Crippen LogP contribution is -2.23. The molecule has 0 aliphatic heterocycles. The Hall–Kier alpha value is -3.61. The Morgan fingerprint density at radius 3 is 2.82 bits per heavy atom. The second kappa shape index (κ2) is 7.56. The molecular formula is C21H21N5O2. The molecule has 7 heteroatoms. The van der Waals surface area contributed by atoms with E-state index in [1.807, 2.05) is 55.1 Å². The van der Waals surface area contributed by atoms with E-state index in [4.69, 9.17) is 4.74 Å². The zero-order chi connectivity index (χ0) is 19.5. The summed E-state index contributed by atoms with van der Waals surface area (Å²) in [5.41, 5.74) is 4.08. The number of aryl methyl sites for hydroxylation is 2. The number of para-hydroxylation sites is 1. The summed E-state index contributed by atoms with van der Waals surface area (Å²) in [6.45, 7) is 2.69. The number of rotatable bonds is 6. The number of carbonyl (C=O) groups is 1. The monoisotopic (exact) mass is 375 g/mol. The van der Waals surface area contributed by atoms with Crippen LogP contribution in [-0.2, 0) is 20.2 Å². The van der Waals surface area contributed by atoms with Gasteiger partial charge in [-0.1, -0.05) is 29.8 Å². The lowest BCUT2D eigenvalue weighted by atomic mass is 10.1. The average molecular weight is 375 g/mol. The smallest absolute Gasteiger partial charge is 0.272 e. The maximum absolute atomic E-state index is 12.4. The number of aromatic nitrogens is 4. The molecule has 2 heterocycles. The van der Waals surface area contributed by atoms with Crippen molar-refractivity contribution in [2.75, 3.05) is 0 Å². The largest absolute Gasteiger partial charge is 0.487 e. The minimum Gasteiger partial charge on any atom is -0.487 e. The minimum atomic E-state index is -0.256. The van der Waals surface area contributed by atoms with Crippen LogP contribution in [0.2, 0.25) is 0 Å². The molecule has 7 nitrogen and oxygen atoms in total. The van der Waals surface area contributed by atoms with Crippen LogP contribution in [0.1, 0.15) is 27.4 Å². The topological polar surface area (TPSA) is 84.8 Å². The van der Waals surface area contributed by atoms with Crippen LogP contribution in [0.4, 0.5) is 0 Å². The summed E-state index contributed by atoms with van der Waals surface area (Å²) in [6, 6.07) is 17.4. The number of aromatic amines is 1. The summed E-state index contributed by atoms with van der Waals surface area (Å²) in [7, 11) is 1.90. The third kappa shape index (κ3) is 3.73. The summed E-state index contributed by atoms with van der Waals surface area (Å²) >= 11 is 0. The van der Waals surface area contributed by atoms with E-state index in [9.17, 15) is 4.79 Å². The highest BCUT2D eigenvalue weighted by molar-refractivity contribution is 5.92. The lowest BCUT2D eigenvalue weighted by Gasteiger charge is -2.03. The molecule has 0 fully saturated rings. The SMILES string of the molecule is Cc1ccc2c(c1)c(CNC(=O)c1cc(COc3ccccc3)[nH]n1)nn2C.